The third-order valence-electron chi connectivity index (χ3n) is 4.19. The van der Waals surface area contributed by atoms with Gasteiger partial charge in [0.2, 0.25) is 0 Å². The second kappa shape index (κ2) is 5.76. The molecule has 0 aromatic heterocycles. The molecule has 0 N–H and O–H groups in total. The van der Waals surface area contributed by atoms with Crippen molar-refractivity contribution < 1.29 is 8.78 Å². The standard InChI is InChI=1S/C18H16F2N2/c1-12-9-18(13-5-2-3-6-15(13)19)22(11-12)17-8-4-7-16(20)14(17)10-21/h2-8,12,18H,9,11H2,1H3/t12-,18-/m0/s1. The molecule has 0 aliphatic carbocycles. The molecule has 2 aromatic rings. The third-order valence-corrected chi connectivity index (χ3v) is 4.19. The minimum Gasteiger partial charge on any atom is -0.363 e. The third kappa shape index (κ3) is 2.43. The minimum absolute atomic E-state index is 0.0259. The summed E-state index contributed by atoms with van der Waals surface area (Å²) in [6.45, 7) is 2.76. The maximum absolute atomic E-state index is 14.2. The van der Waals surface area contributed by atoms with Gasteiger partial charge in [-0.25, -0.2) is 8.78 Å². The van der Waals surface area contributed by atoms with Crippen molar-refractivity contribution in [3.8, 4) is 6.07 Å². The van der Waals surface area contributed by atoms with E-state index in [4.69, 9.17) is 0 Å². The van der Waals surface area contributed by atoms with Gasteiger partial charge >= 0.3 is 0 Å². The summed E-state index contributed by atoms with van der Waals surface area (Å²) in [4.78, 5) is 1.95. The van der Waals surface area contributed by atoms with Gasteiger partial charge in [0.05, 0.1) is 11.7 Å². The maximum atomic E-state index is 14.2. The highest BCUT2D eigenvalue weighted by Crippen LogP contribution is 2.41. The van der Waals surface area contributed by atoms with Crippen LogP contribution in [0, 0.1) is 28.9 Å². The first kappa shape index (κ1) is 14.5. The predicted octanol–water partition coefficient (Wildman–Crippen LogP) is 4.42. The quantitative estimate of drug-likeness (QED) is 0.820. The number of benzene rings is 2. The van der Waals surface area contributed by atoms with Crippen LogP contribution in [-0.2, 0) is 0 Å². The number of nitriles is 1. The average Bonchev–Trinajstić information content (AvgIpc) is 2.89. The van der Waals surface area contributed by atoms with Gasteiger partial charge < -0.3 is 4.90 Å². The summed E-state index contributed by atoms with van der Waals surface area (Å²) in [7, 11) is 0. The SMILES string of the molecule is C[C@H]1C[C@@H](c2ccccc2F)N(c2cccc(F)c2C#N)C1. The number of rotatable bonds is 2. The molecule has 4 heteroatoms. The predicted molar refractivity (Wildman–Crippen MR) is 81.4 cm³/mol. The first-order valence-electron chi connectivity index (χ1n) is 7.31. The van der Waals surface area contributed by atoms with Gasteiger partial charge in [-0.05, 0) is 30.5 Å². The van der Waals surface area contributed by atoms with Crippen molar-refractivity contribution >= 4 is 5.69 Å². The fraction of sp³-hybridized carbons (Fsp3) is 0.278. The molecular weight excluding hydrogens is 282 g/mol. The lowest BCUT2D eigenvalue weighted by Gasteiger charge is -2.28. The molecule has 0 spiro atoms. The van der Waals surface area contributed by atoms with Crippen molar-refractivity contribution in [1.82, 2.24) is 0 Å². The number of hydrogen-bond acceptors (Lipinski definition) is 2. The second-order valence-electron chi connectivity index (χ2n) is 5.78. The van der Waals surface area contributed by atoms with E-state index in [1.807, 2.05) is 11.0 Å². The van der Waals surface area contributed by atoms with E-state index < -0.39 is 5.82 Å². The molecule has 1 heterocycles. The molecule has 2 aromatic carbocycles. The monoisotopic (exact) mass is 298 g/mol. The van der Waals surface area contributed by atoms with Gasteiger partial charge in [0, 0.05) is 12.1 Å². The second-order valence-corrected chi connectivity index (χ2v) is 5.78. The summed E-state index contributed by atoms with van der Waals surface area (Å²) >= 11 is 0. The molecule has 0 unspecified atom stereocenters. The Balaban J connectivity index is 2.08. The van der Waals surface area contributed by atoms with Gasteiger partial charge in [-0.3, -0.25) is 0 Å². The molecule has 3 rings (SSSR count). The number of anilines is 1. The first-order chi connectivity index (χ1) is 10.6. The van der Waals surface area contributed by atoms with Crippen molar-refractivity contribution in [3.05, 3.63) is 65.2 Å². The largest absolute Gasteiger partial charge is 0.363 e. The molecule has 2 atom stereocenters. The Morgan fingerprint density at radius 3 is 2.55 bits per heavy atom. The number of nitrogens with zero attached hydrogens (tertiary/aromatic N) is 2. The summed E-state index contributed by atoms with van der Waals surface area (Å²) in [5, 5.41) is 9.25. The fourth-order valence-corrected chi connectivity index (χ4v) is 3.22. The van der Waals surface area contributed by atoms with Crippen LogP contribution in [0.4, 0.5) is 14.5 Å². The van der Waals surface area contributed by atoms with Crippen LogP contribution in [0.15, 0.2) is 42.5 Å². The zero-order valence-electron chi connectivity index (χ0n) is 12.3. The fourth-order valence-electron chi connectivity index (χ4n) is 3.22. The zero-order chi connectivity index (χ0) is 15.7. The minimum atomic E-state index is -0.535. The molecule has 2 nitrogen and oxygen atoms in total. The summed E-state index contributed by atoms with van der Waals surface area (Å²) in [5.74, 6) is -0.451. The van der Waals surface area contributed by atoms with Crippen molar-refractivity contribution in [3.63, 3.8) is 0 Å². The molecule has 1 saturated heterocycles. The molecule has 0 bridgehead atoms. The van der Waals surface area contributed by atoms with Gasteiger partial charge in [-0.1, -0.05) is 31.2 Å². The molecule has 112 valence electrons. The average molecular weight is 298 g/mol. The van der Waals surface area contributed by atoms with Crippen LogP contribution in [0.2, 0.25) is 0 Å². The molecule has 1 fully saturated rings. The smallest absolute Gasteiger partial charge is 0.143 e. The van der Waals surface area contributed by atoms with Crippen LogP contribution in [0.5, 0.6) is 0 Å². The van der Waals surface area contributed by atoms with Gasteiger partial charge in [0.25, 0.3) is 0 Å². The van der Waals surface area contributed by atoms with Crippen LogP contribution < -0.4 is 4.90 Å². The molecule has 0 saturated carbocycles. The molecule has 0 radical (unpaired) electrons. The Morgan fingerprint density at radius 2 is 1.82 bits per heavy atom. The van der Waals surface area contributed by atoms with Crippen molar-refractivity contribution in [2.24, 2.45) is 5.92 Å². The number of halogens is 2. The van der Waals surface area contributed by atoms with Gasteiger partial charge in [-0.15, -0.1) is 0 Å². The highest BCUT2D eigenvalue weighted by atomic mass is 19.1. The Kier molecular flexibility index (Phi) is 3.81. The van der Waals surface area contributed by atoms with Crippen LogP contribution in [0.3, 0.4) is 0 Å². The van der Waals surface area contributed by atoms with E-state index >= 15 is 0 Å². The maximum Gasteiger partial charge on any atom is 0.143 e. The lowest BCUT2D eigenvalue weighted by molar-refractivity contribution is 0.563. The van der Waals surface area contributed by atoms with E-state index in [0.717, 1.165) is 6.42 Å². The Bertz CT molecular complexity index is 736. The summed E-state index contributed by atoms with van der Waals surface area (Å²) in [6, 6.07) is 13.0. The topological polar surface area (TPSA) is 27.0 Å². The van der Waals surface area contributed by atoms with Crippen LogP contribution in [-0.4, -0.2) is 6.54 Å². The zero-order valence-corrected chi connectivity index (χ0v) is 12.3. The van der Waals surface area contributed by atoms with E-state index in [-0.39, 0.29) is 17.4 Å². The Hall–Kier alpha value is -2.41. The highest BCUT2D eigenvalue weighted by molar-refractivity contribution is 5.62. The van der Waals surface area contributed by atoms with E-state index in [2.05, 4.69) is 6.92 Å². The van der Waals surface area contributed by atoms with E-state index in [1.165, 1.54) is 12.1 Å². The molecule has 0 amide bonds. The van der Waals surface area contributed by atoms with E-state index in [1.54, 1.807) is 30.3 Å². The van der Waals surface area contributed by atoms with Crippen LogP contribution in [0.1, 0.15) is 30.5 Å². The lowest BCUT2D eigenvalue weighted by atomic mass is 10.00. The first-order valence-corrected chi connectivity index (χ1v) is 7.31. The van der Waals surface area contributed by atoms with Gasteiger partial charge in [0.1, 0.15) is 23.3 Å². The summed E-state index contributed by atoms with van der Waals surface area (Å²) in [5.41, 5.74) is 1.16. The van der Waals surface area contributed by atoms with Crippen molar-refractivity contribution in [2.75, 3.05) is 11.4 Å². The van der Waals surface area contributed by atoms with Crippen LogP contribution in [0.25, 0.3) is 0 Å². The van der Waals surface area contributed by atoms with E-state index in [9.17, 15) is 14.0 Å². The summed E-state index contributed by atoms with van der Waals surface area (Å²) < 4.78 is 28.0. The normalized spacial score (nSPS) is 20.9. The Morgan fingerprint density at radius 1 is 1.09 bits per heavy atom. The molecule has 22 heavy (non-hydrogen) atoms. The summed E-state index contributed by atoms with van der Waals surface area (Å²) in [6.07, 6.45) is 0.780. The van der Waals surface area contributed by atoms with E-state index in [0.29, 0.717) is 23.7 Å². The lowest BCUT2D eigenvalue weighted by Crippen LogP contribution is -2.25. The van der Waals surface area contributed by atoms with Crippen molar-refractivity contribution in [2.45, 2.75) is 19.4 Å². The molecule has 1 aliphatic rings. The van der Waals surface area contributed by atoms with Gasteiger partial charge in [-0.2, -0.15) is 5.26 Å². The molecular formula is C18H16F2N2. The van der Waals surface area contributed by atoms with Crippen molar-refractivity contribution in [1.29, 1.82) is 5.26 Å². The highest BCUT2D eigenvalue weighted by Gasteiger charge is 2.34. The number of hydrogen-bond donors (Lipinski definition) is 0. The Labute approximate surface area is 128 Å². The van der Waals surface area contributed by atoms with Gasteiger partial charge in [0.15, 0.2) is 0 Å². The van der Waals surface area contributed by atoms with Crippen LogP contribution >= 0.6 is 0 Å². The molecule has 1 aliphatic heterocycles.